The molecular weight excluding hydrogens is 353 g/mol. The molecule has 1 unspecified atom stereocenters. The highest BCUT2D eigenvalue weighted by Gasteiger charge is 2.39. The molecule has 0 spiro atoms. The van der Waals surface area contributed by atoms with E-state index >= 15 is 0 Å². The maximum absolute atomic E-state index is 13.0. The average Bonchev–Trinajstić information content (AvgIpc) is 3.36. The van der Waals surface area contributed by atoms with Crippen molar-refractivity contribution in [2.75, 3.05) is 7.11 Å². The Kier molecular flexibility index (Phi) is 4.88. The van der Waals surface area contributed by atoms with Crippen LogP contribution in [0.1, 0.15) is 24.2 Å². The van der Waals surface area contributed by atoms with E-state index in [1.54, 1.807) is 7.11 Å². The fraction of sp³-hybridized carbons (Fsp3) is 0.500. The van der Waals surface area contributed by atoms with Gasteiger partial charge in [0.05, 0.1) is 13.2 Å². The standard InChI is InChI=1S/C16H19F3N4OS/c1-21-14(16(17,18)19)20-23(15(21)25)10-22(12-5-6-12)9-11-3-7-13(24-2)8-4-11/h3-4,7-8,12H,5-6,9-10H2,1-2H3/p+1. The highest BCUT2D eigenvalue weighted by atomic mass is 32.1. The summed E-state index contributed by atoms with van der Waals surface area (Å²) in [5, 5.41) is 3.71. The number of hydrogen-bond acceptors (Lipinski definition) is 3. The van der Waals surface area contributed by atoms with Gasteiger partial charge in [-0.25, -0.2) is 0 Å². The first-order valence-corrected chi connectivity index (χ1v) is 8.39. The molecule has 0 bridgehead atoms. The number of methoxy groups -OCH3 is 1. The number of quaternary nitrogens is 1. The molecule has 3 rings (SSSR count). The smallest absolute Gasteiger partial charge is 0.451 e. The first-order chi connectivity index (χ1) is 11.8. The maximum Gasteiger partial charge on any atom is 0.451 e. The van der Waals surface area contributed by atoms with E-state index in [0.717, 1.165) is 33.6 Å². The molecule has 1 aliphatic rings. The zero-order valence-corrected chi connectivity index (χ0v) is 14.8. The third kappa shape index (κ3) is 4.04. The summed E-state index contributed by atoms with van der Waals surface area (Å²) < 4.78 is 46.5. The summed E-state index contributed by atoms with van der Waals surface area (Å²) in [5.41, 5.74) is 1.10. The van der Waals surface area contributed by atoms with Crippen molar-refractivity contribution < 1.29 is 22.8 Å². The number of ether oxygens (including phenoxy) is 1. The second-order valence-corrected chi connectivity index (χ2v) is 6.64. The van der Waals surface area contributed by atoms with Gasteiger partial charge in [-0.05, 0) is 36.5 Å². The largest absolute Gasteiger partial charge is 0.497 e. The van der Waals surface area contributed by atoms with Gasteiger partial charge < -0.3 is 9.64 Å². The van der Waals surface area contributed by atoms with E-state index in [1.807, 2.05) is 24.3 Å². The number of nitrogens with one attached hydrogen (secondary N) is 1. The van der Waals surface area contributed by atoms with Crippen LogP contribution in [0, 0.1) is 4.77 Å². The van der Waals surface area contributed by atoms with E-state index in [9.17, 15) is 13.2 Å². The Balaban J connectivity index is 1.80. The first-order valence-electron chi connectivity index (χ1n) is 7.98. The summed E-state index contributed by atoms with van der Waals surface area (Å²) in [6, 6.07) is 8.14. The maximum atomic E-state index is 13.0. The fourth-order valence-corrected chi connectivity index (χ4v) is 3.05. The predicted octanol–water partition coefficient (Wildman–Crippen LogP) is 2.18. The normalized spacial score (nSPS) is 16.0. The van der Waals surface area contributed by atoms with Gasteiger partial charge in [0, 0.05) is 25.5 Å². The summed E-state index contributed by atoms with van der Waals surface area (Å²) in [7, 11) is 2.91. The topological polar surface area (TPSA) is 36.4 Å². The summed E-state index contributed by atoms with van der Waals surface area (Å²) in [5.74, 6) is -0.185. The van der Waals surface area contributed by atoms with Gasteiger partial charge >= 0.3 is 6.18 Å². The summed E-state index contributed by atoms with van der Waals surface area (Å²) in [6.45, 7) is 1.02. The molecule has 1 heterocycles. The minimum Gasteiger partial charge on any atom is -0.497 e. The summed E-state index contributed by atoms with van der Waals surface area (Å²) in [4.78, 5) is 1.16. The van der Waals surface area contributed by atoms with Crippen LogP contribution < -0.4 is 9.64 Å². The molecule has 1 fully saturated rings. The lowest BCUT2D eigenvalue weighted by molar-refractivity contribution is -0.947. The van der Waals surface area contributed by atoms with Crippen molar-refractivity contribution in [1.29, 1.82) is 0 Å². The van der Waals surface area contributed by atoms with Crippen LogP contribution in [0.15, 0.2) is 24.3 Å². The second kappa shape index (κ2) is 6.80. The van der Waals surface area contributed by atoms with Gasteiger partial charge in [0.2, 0.25) is 10.6 Å². The van der Waals surface area contributed by atoms with Crippen LogP contribution >= 0.6 is 12.2 Å². The molecule has 1 atom stereocenters. The lowest BCUT2D eigenvalue weighted by atomic mass is 10.2. The quantitative estimate of drug-likeness (QED) is 0.789. The number of rotatable bonds is 6. The van der Waals surface area contributed by atoms with Gasteiger partial charge in [-0.2, -0.15) is 17.9 Å². The van der Waals surface area contributed by atoms with Crippen LogP contribution in [0.25, 0.3) is 0 Å². The molecule has 1 aromatic carbocycles. The molecule has 1 aromatic heterocycles. The molecule has 1 aliphatic carbocycles. The summed E-state index contributed by atoms with van der Waals surface area (Å²) in [6.07, 6.45) is -2.38. The van der Waals surface area contributed by atoms with Gasteiger partial charge in [0.15, 0.2) is 6.67 Å². The molecule has 9 heteroatoms. The molecule has 0 amide bonds. The fourth-order valence-electron chi connectivity index (χ4n) is 2.86. The molecular formula is C16H20F3N4OS+. The van der Waals surface area contributed by atoms with Crippen LogP contribution in [0.5, 0.6) is 5.75 Å². The third-order valence-corrected chi connectivity index (χ3v) is 4.88. The van der Waals surface area contributed by atoms with Crippen molar-refractivity contribution in [3.05, 3.63) is 40.4 Å². The zero-order valence-electron chi connectivity index (χ0n) is 14.0. The lowest BCUT2D eigenvalue weighted by Gasteiger charge is -2.19. The van der Waals surface area contributed by atoms with E-state index < -0.39 is 12.0 Å². The van der Waals surface area contributed by atoms with Gasteiger partial charge in [-0.15, -0.1) is 5.10 Å². The van der Waals surface area contributed by atoms with E-state index in [4.69, 9.17) is 17.0 Å². The minimum absolute atomic E-state index is 0.0835. The highest BCUT2D eigenvalue weighted by molar-refractivity contribution is 7.71. The van der Waals surface area contributed by atoms with E-state index in [1.165, 1.54) is 11.7 Å². The van der Waals surface area contributed by atoms with Crippen LogP contribution in [-0.4, -0.2) is 27.5 Å². The van der Waals surface area contributed by atoms with Gasteiger partial charge in [-0.3, -0.25) is 4.57 Å². The van der Waals surface area contributed by atoms with Crippen LogP contribution in [-0.2, 0) is 26.4 Å². The Bertz CT molecular complexity index is 793. The minimum atomic E-state index is -4.51. The third-order valence-electron chi connectivity index (χ3n) is 4.39. The Morgan fingerprint density at radius 1 is 1.28 bits per heavy atom. The first kappa shape index (κ1) is 17.9. The van der Waals surface area contributed by atoms with E-state index in [-0.39, 0.29) is 4.77 Å². The Labute approximate surface area is 148 Å². The monoisotopic (exact) mass is 373 g/mol. The highest BCUT2D eigenvalue weighted by Crippen LogP contribution is 2.27. The van der Waals surface area contributed by atoms with Gasteiger partial charge in [-0.1, -0.05) is 0 Å². The summed E-state index contributed by atoms with van der Waals surface area (Å²) >= 11 is 5.14. The van der Waals surface area contributed by atoms with Crippen LogP contribution in [0.3, 0.4) is 0 Å². The van der Waals surface area contributed by atoms with Crippen molar-refractivity contribution in [3.63, 3.8) is 0 Å². The van der Waals surface area contributed by atoms with Gasteiger partial charge in [0.1, 0.15) is 12.3 Å². The van der Waals surface area contributed by atoms with Crippen LogP contribution in [0.4, 0.5) is 13.2 Å². The van der Waals surface area contributed by atoms with Gasteiger partial charge in [0.25, 0.3) is 0 Å². The molecule has 5 nitrogen and oxygen atoms in total. The molecule has 136 valence electrons. The second-order valence-electron chi connectivity index (χ2n) is 6.28. The molecule has 25 heavy (non-hydrogen) atoms. The molecule has 0 aliphatic heterocycles. The van der Waals surface area contributed by atoms with Crippen molar-refractivity contribution in [3.8, 4) is 5.75 Å². The number of nitrogens with zero attached hydrogens (tertiary/aromatic N) is 3. The molecule has 1 N–H and O–H groups in total. The number of aromatic nitrogens is 3. The lowest BCUT2D eigenvalue weighted by Crippen LogP contribution is -3.11. The SMILES string of the molecule is COc1ccc(C[NH+](Cn2nc(C(F)(F)F)n(C)c2=S)C2CC2)cc1. The Morgan fingerprint density at radius 3 is 2.40 bits per heavy atom. The zero-order chi connectivity index (χ0) is 18.2. The van der Waals surface area contributed by atoms with Crippen molar-refractivity contribution in [2.24, 2.45) is 7.05 Å². The average molecular weight is 373 g/mol. The van der Waals surface area contributed by atoms with Crippen LogP contribution in [0.2, 0.25) is 0 Å². The molecule has 2 aromatic rings. The van der Waals surface area contributed by atoms with Crippen molar-refractivity contribution in [1.82, 2.24) is 14.3 Å². The number of benzene rings is 1. The number of halogens is 3. The molecule has 1 saturated carbocycles. The predicted molar refractivity (Wildman–Crippen MR) is 87.7 cm³/mol. The number of alkyl halides is 3. The number of hydrogen-bond donors (Lipinski definition) is 1. The molecule has 0 saturated heterocycles. The Hall–Kier alpha value is -1.87. The van der Waals surface area contributed by atoms with E-state index in [2.05, 4.69) is 5.10 Å². The molecule has 0 radical (unpaired) electrons. The van der Waals surface area contributed by atoms with Crippen molar-refractivity contribution in [2.45, 2.75) is 38.3 Å². The van der Waals surface area contributed by atoms with Crippen molar-refractivity contribution >= 4 is 12.2 Å². The Morgan fingerprint density at radius 2 is 1.92 bits per heavy atom. The van der Waals surface area contributed by atoms with E-state index in [0.29, 0.717) is 19.3 Å².